The number of nitrogens with zero attached hydrogens (tertiary/aromatic N) is 3. The molecule has 4 nitrogen and oxygen atoms in total. The molecule has 3 rings (SSSR count). The van der Waals surface area contributed by atoms with E-state index in [1.54, 1.807) is 42.4 Å². The average Bonchev–Trinajstić information content (AvgIpc) is 2.97. The molecule has 0 spiro atoms. The summed E-state index contributed by atoms with van der Waals surface area (Å²) in [7, 11) is 0. The Bertz CT molecular complexity index is 674. The van der Waals surface area contributed by atoms with E-state index < -0.39 is 0 Å². The Morgan fingerprint density at radius 1 is 1.29 bits per heavy atom. The van der Waals surface area contributed by atoms with Crippen LogP contribution in [0.25, 0.3) is 11.3 Å². The van der Waals surface area contributed by atoms with E-state index in [0.29, 0.717) is 23.5 Å². The van der Waals surface area contributed by atoms with Crippen molar-refractivity contribution in [2.75, 3.05) is 6.54 Å². The summed E-state index contributed by atoms with van der Waals surface area (Å²) in [6.45, 7) is 2.27. The maximum absolute atomic E-state index is 14.0. The third-order valence-electron chi connectivity index (χ3n) is 3.83. The highest BCUT2D eigenvalue weighted by Crippen LogP contribution is 2.35. The monoisotopic (exact) mass is 285 g/mol. The molecule has 5 heteroatoms. The van der Waals surface area contributed by atoms with E-state index in [2.05, 4.69) is 9.97 Å². The molecule has 0 aliphatic carbocycles. The number of hydrogen-bond acceptors (Lipinski definition) is 3. The molecular formula is C16H16FN3O. The van der Waals surface area contributed by atoms with Crippen molar-refractivity contribution in [3.05, 3.63) is 48.2 Å². The van der Waals surface area contributed by atoms with Gasteiger partial charge in [0.2, 0.25) is 5.91 Å². The van der Waals surface area contributed by atoms with Gasteiger partial charge in [-0.15, -0.1) is 0 Å². The molecule has 0 N–H and O–H groups in total. The predicted molar refractivity (Wildman–Crippen MR) is 76.8 cm³/mol. The molecular weight excluding hydrogens is 269 g/mol. The zero-order valence-electron chi connectivity index (χ0n) is 11.8. The Kier molecular flexibility index (Phi) is 3.64. The number of hydrogen-bond donors (Lipinski definition) is 0. The minimum absolute atomic E-state index is 0.0163. The van der Waals surface area contributed by atoms with E-state index in [-0.39, 0.29) is 17.8 Å². The van der Waals surface area contributed by atoms with Crippen molar-refractivity contribution in [2.45, 2.75) is 25.8 Å². The fourth-order valence-electron chi connectivity index (χ4n) is 2.88. The first-order valence-corrected chi connectivity index (χ1v) is 7.01. The zero-order chi connectivity index (χ0) is 14.8. The Morgan fingerprint density at radius 3 is 2.81 bits per heavy atom. The SMILES string of the molecule is CC(=O)N1CCC[C@H]1c1nccnc1-c1ccccc1F. The second-order valence-corrected chi connectivity index (χ2v) is 5.14. The van der Waals surface area contributed by atoms with Gasteiger partial charge in [-0.25, -0.2) is 4.39 Å². The van der Waals surface area contributed by atoms with Crippen LogP contribution in [-0.4, -0.2) is 27.3 Å². The molecule has 0 saturated carbocycles. The molecule has 0 bridgehead atoms. The lowest BCUT2D eigenvalue weighted by molar-refractivity contribution is -0.129. The number of likely N-dealkylation sites (tertiary alicyclic amines) is 1. The maximum atomic E-state index is 14.0. The number of benzene rings is 1. The Morgan fingerprint density at radius 2 is 2.05 bits per heavy atom. The van der Waals surface area contributed by atoms with Crippen LogP contribution in [0, 0.1) is 5.82 Å². The van der Waals surface area contributed by atoms with E-state index in [0.717, 1.165) is 12.8 Å². The third kappa shape index (κ3) is 2.51. The van der Waals surface area contributed by atoms with Crippen LogP contribution in [0.3, 0.4) is 0 Å². The normalized spacial score (nSPS) is 18.0. The van der Waals surface area contributed by atoms with Gasteiger partial charge in [0.15, 0.2) is 0 Å². The molecule has 1 aromatic carbocycles. The Balaban J connectivity index is 2.09. The minimum Gasteiger partial charge on any atom is -0.334 e. The smallest absolute Gasteiger partial charge is 0.220 e. The molecule has 1 amide bonds. The van der Waals surface area contributed by atoms with E-state index in [9.17, 15) is 9.18 Å². The Hall–Kier alpha value is -2.30. The average molecular weight is 285 g/mol. The topological polar surface area (TPSA) is 46.1 Å². The summed E-state index contributed by atoms with van der Waals surface area (Å²) in [6.07, 6.45) is 4.91. The summed E-state index contributed by atoms with van der Waals surface area (Å²) in [5, 5.41) is 0. The van der Waals surface area contributed by atoms with Crippen molar-refractivity contribution in [3.63, 3.8) is 0 Å². The lowest BCUT2D eigenvalue weighted by atomic mass is 10.0. The molecule has 2 aromatic rings. The van der Waals surface area contributed by atoms with Crippen molar-refractivity contribution in [1.29, 1.82) is 0 Å². The Labute approximate surface area is 122 Å². The molecule has 1 aliphatic heterocycles. The highest BCUT2D eigenvalue weighted by Gasteiger charge is 2.31. The summed E-state index contributed by atoms with van der Waals surface area (Å²) in [4.78, 5) is 22.2. The van der Waals surface area contributed by atoms with E-state index in [1.165, 1.54) is 6.07 Å². The number of amides is 1. The van der Waals surface area contributed by atoms with E-state index >= 15 is 0 Å². The second kappa shape index (κ2) is 5.60. The first kappa shape index (κ1) is 13.7. The first-order valence-electron chi connectivity index (χ1n) is 7.01. The highest BCUT2D eigenvalue weighted by molar-refractivity contribution is 5.74. The van der Waals surface area contributed by atoms with Gasteiger partial charge < -0.3 is 4.90 Å². The van der Waals surface area contributed by atoms with Crippen LogP contribution in [0.4, 0.5) is 4.39 Å². The summed E-state index contributed by atoms with van der Waals surface area (Å²) in [5.74, 6) is -0.311. The number of halogens is 1. The molecule has 1 fully saturated rings. The standard InChI is InChI=1S/C16H16FN3O/c1-11(21)20-10-4-7-14(20)16-15(18-8-9-19-16)12-5-2-3-6-13(12)17/h2-3,5-6,8-9,14H,4,7,10H2,1H3/t14-/m0/s1. The third-order valence-corrected chi connectivity index (χ3v) is 3.83. The maximum Gasteiger partial charge on any atom is 0.220 e. The van der Waals surface area contributed by atoms with Gasteiger partial charge in [0.1, 0.15) is 5.82 Å². The van der Waals surface area contributed by atoms with Crippen molar-refractivity contribution >= 4 is 5.91 Å². The van der Waals surface area contributed by atoms with Crippen molar-refractivity contribution in [3.8, 4) is 11.3 Å². The van der Waals surface area contributed by atoms with Crippen LogP contribution in [0.15, 0.2) is 36.7 Å². The van der Waals surface area contributed by atoms with Gasteiger partial charge >= 0.3 is 0 Å². The van der Waals surface area contributed by atoms with E-state index in [4.69, 9.17) is 0 Å². The van der Waals surface area contributed by atoms with E-state index in [1.807, 2.05) is 0 Å². The van der Waals surface area contributed by atoms with Crippen molar-refractivity contribution < 1.29 is 9.18 Å². The molecule has 0 radical (unpaired) electrons. The minimum atomic E-state index is -0.327. The molecule has 2 heterocycles. The molecule has 108 valence electrons. The van der Waals surface area contributed by atoms with Gasteiger partial charge in [0.05, 0.1) is 17.4 Å². The van der Waals surface area contributed by atoms with Gasteiger partial charge in [-0.2, -0.15) is 0 Å². The van der Waals surface area contributed by atoms with Gasteiger partial charge in [0.25, 0.3) is 0 Å². The second-order valence-electron chi connectivity index (χ2n) is 5.14. The summed E-state index contributed by atoms with van der Waals surface area (Å²) < 4.78 is 14.0. The fourth-order valence-corrected chi connectivity index (χ4v) is 2.88. The number of rotatable bonds is 2. The fraction of sp³-hybridized carbons (Fsp3) is 0.312. The molecule has 1 aliphatic rings. The summed E-state index contributed by atoms with van der Waals surface area (Å²) in [6, 6.07) is 6.40. The molecule has 0 unspecified atom stereocenters. The van der Waals surface area contributed by atoms with Gasteiger partial charge in [-0.05, 0) is 25.0 Å². The largest absolute Gasteiger partial charge is 0.334 e. The van der Waals surface area contributed by atoms with Crippen LogP contribution in [0.1, 0.15) is 31.5 Å². The molecule has 1 saturated heterocycles. The number of carbonyl (C=O) groups is 1. The first-order chi connectivity index (χ1) is 10.2. The highest BCUT2D eigenvalue weighted by atomic mass is 19.1. The van der Waals surface area contributed by atoms with Crippen LogP contribution in [0.5, 0.6) is 0 Å². The lowest BCUT2D eigenvalue weighted by Gasteiger charge is -2.24. The number of carbonyl (C=O) groups excluding carboxylic acids is 1. The predicted octanol–water partition coefficient (Wildman–Crippen LogP) is 2.97. The molecule has 21 heavy (non-hydrogen) atoms. The summed E-state index contributed by atoms with van der Waals surface area (Å²) >= 11 is 0. The number of aromatic nitrogens is 2. The quantitative estimate of drug-likeness (QED) is 0.852. The zero-order valence-corrected chi connectivity index (χ0v) is 11.8. The van der Waals surface area contributed by atoms with Crippen molar-refractivity contribution in [2.24, 2.45) is 0 Å². The van der Waals surface area contributed by atoms with Crippen LogP contribution in [0.2, 0.25) is 0 Å². The van der Waals surface area contributed by atoms with Gasteiger partial charge in [0, 0.05) is 31.4 Å². The van der Waals surface area contributed by atoms with Crippen LogP contribution < -0.4 is 0 Å². The van der Waals surface area contributed by atoms with Crippen molar-refractivity contribution in [1.82, 2.24) is 14.9 Å². The van der Waals surface area contributed by atoms with Crippen LogP contribution in [-0.2, 0) is 4.79 Å². The van der Waals surface area contributed by atoms with Gasteiger partial charge in [-0.3, -0.25) is 14.8 Å². The van der Waals surface area contributed by atoms with Gasteiger partial charge in [-0.1, -0.05) is 12.1 Å². The molecule has 1 atom stereocenters. The lowest BCUT2D eigenvalue weighted by Crippen LogP contribution is -2.29. The van der Waals surface area contributed by atoms with Crippen LogP contribution >= 0.6 is 0 Å². The molecule has 1 aromatic heterocycles. The summed E-state index contributed by atoms with van der Waals surface area (Å²) in [5.41, 5.74) is 1.63.